The predicted molar refractivity (Wildman–Crippen MR) is 80.7 cm³/mol. The number of rotatable bonds is 5. The van der Waals surface area contributed by atoms with Gasteiger partial charge in [-0.15, -0.1) is 0 Å². The molecule has 0 bridgehead atoms. The lowest BCUT2D eigenvalue weighted by Gasteiger charge is -2.19. The van der Waals surface area contributed by atoms with Gasteiger partial charge in [-0.1, -0.05) is 43.3 Å². The Balaban J connectivity index is 2.21. The van der Waals surface area contributed by atoms with Crippen molar-refractivity contribution in [1.29, 1.82) is 0 Å². The Morgan fingerprint density at radius 3 is 2.53 bits per heavy atom. The number of nitrogens with one attached hydrogen (secondary N) is 1. The van der Waals surface area contributed by atoms with E-state index < -0.39 is 0 Å². The van der Waals surface area contributed by atoms with E-state index >= 15 is 0 Å². The average Bonchev–Trinajstić information content (AvgIpc) is 2.43. The molecule has 0 aliphatic carbocycles. The zero-order valence-electron chi connectivity index (χ0n) is 10.9. The van der Waals surface area contributed by atoms with Gasteiger partial charge < -0.3 is 5.32 Å². The van der Waals surface area contributed by atoms with Crippen LogP contribution in [0.5, 0.6) is 0 Å². The Kier molecular flexibility index (Phi) is 5.11. The van der Waals surface area contributed by atoms with E-state index in [0.29, 0.717) is 4.47 Å². The zero-order valence-corrected chi connectivity index (χ0v) is 12.5. The number of hydrogen-bond donors (Lipinski definition) is 1. The minimum Gasteiger partial charge on any atom is -0.310 e. The summed E-state index contributed by atoms with van der Waals surface area (Å²) in [4.78, 5) is 0. The van der Waals surface area contributed by atoms with Crippen molar-refractivity contribution in [3.05, 3.63) is 69.9 Å². The lowest BCUT2D eigenvalue weighted by atomic mass is 9.99. The fourth-order valence-corrected chi connectivity index (χ4v) is 2.38. The Hall–Kier alpha value is -1.19. The zero-order chi connectivity index (χ0) is 13.7. The Morgan fingerprint density at radius 2 is 1.89 bits per heavy atom. The highest BCUT2D eigenvalue weighted by Crippen LogP contribution is 2.23. The molecule has 1 atom stereocenters. The molecule has 0 saturated carbocycles. The van der Waals surface area contributed by atoms with Gasteiger partial charge in [0.15, 0.2) is 0 Å². The molecule has 0 radical (unpaired) electrons. The summed E-state index contributed by atoms with van der Waals surface area (Å²) in [6, 6.07) is 15.7. The molecule has 0 aliphatic rings. The van der Waals surface area contributed by atoms with Crippen molar-refractivity contribution in [2.24, 2.45) is 0 Å². The standard InChI is InChI=1S/C16H17BrFN/c1-2-19-16(10-12-6-4-3-5-7-12)13-8-9-14(17)15(18)11-13/h3-9,11,16,19H,2,10H2,1H3. The second-order valence-electron chi connectivity index (χ2n) is 4.47. The normalized spacial score (nSPS) is 12.4. The minimum absolute atomic E-state index is 0.134. The van der Waals surface area contributed by atoms with Crippen LogP contribution in [0.15, 0.2) is 53.0 Å². The van der Waals surface area contributed by atoms with Crippen LogP contribution in [0.2, 0.25) is 0 Å². The van der Waals surface area contributed by atoms with E-state index in [0.717, 1.165) is 18.5 Å². The molecule has 1 nitrogen and oxygen atoms in total. The first-order chi connectivity index (χ1) is 9.20. The van der Waals surface area contributed by atoms with Crippen molar-refractivity contribution in [3.8, 4) is 0 Å². The van der Waals surface area contributed by atoms with E-state index in [4.69, 9.17) is 0 Å². The van der Waals surface area contributed by atoms with Crippen LogP contribution >= 0.6 is 15.9 Å². The third-order valence-corrected chi connectivity index (χ3v) is 3.72. The highest BCUT2D eigenvalue weighted by Gasteiger charge is 2.12. The highest BCUT2D eigenvalue weighted by atomic mass is 79.9. The fraction of sp³-hybridized carbons (Fsp3) is 0.250. The van der Waals surface area contributed by atoms with Crippen LogP contribution in [0.1, 0.15) is 24.1 Å². The van der Waals surface area contributed by atoms with Crippen LogP contribution in [0, 0.1) is 5.82 Å². The highest BCUT2D eigenvalue weighted by molar-refractivity contribution is 9.10. The summed E-state index contributed by atoms with van der Waals surface area (Å²) in [6.07, 6.45) is 0.857. The molecule has 0 aliphatic heterocycles. The molecular weight excluding hydrogens is 305 g/mol. The smallest absolute Gasteiger partial charge is 0.137 e. The number of benzene rings is 2. The van der Waals surface area contributed by atoms with Gasteiger partial charge in [0.25, 0.3) is 0 Å². The Morgan fingerprint density at radius 1 is 1.16 bits per heavy atom. The van der Waals surface area contributed by atoms with Crippen molar-refractivity contribution >= 4 is 15.9 Å². The Labute approximate surface area is 122 Å². The van der Waals surface area contributed by atoms with Gasteiger partial charge in [-0.3, -0.25) is 0 Å². The summed E-state index contributed by atoms with van der Waals surface area (Å²) >= 11 is 3.19. The van der Waals surface area contributed by atoms with Crippen molar-refractivity contribution in [2.45, 2.75) is 19.4 Å². The van der Waals surface area contributed by atoms with Crippen LogP contribution in [-0.4, -0.2) is 6.54 Å². The number of likely N-dealkylation sites (N-methyl/N-ethyl adjacent to an activating group) is 1. The van der Waals surface area contributed by atoms with Crippen molar-refractivity contribution in [1.82, 2.24) is 5.32 Å². The maximum atomic E-state index is 13.6. The van der Waals surface area contributed by atoms with Gasteiger partial charge in [-0.25, -0.2) is 4.39 Å². The molecule has 0 saturated heterocycles. The molecule has 19 heavy (non-hydrogen) atoms. The first-order valence-electron chi connectivity index (χ1n) is 6.43. The monoisotopic (exact) mass is 321 g/mol. The Bertz CT molecular complexity index is 528. The number of hydrogen-bond acceptors (Lipinski definition) is 1. The fourth-order valence-electron chi connectivity index (χ4n) is 2.13. The lowest BCUT2D eigenvalue weighted by molar-refractivity contribution is 0.542. The van der Waals surface area contributed by atoms with Gasteiger partial charge in [-0.05, 0) is 52.2 Å². The quantitative estimate of drug-likeness (QED) is 0.856. The van der Waals surface area contributed by atoms with Gasteiger partial charge in [0.1, 0.15) is 5.82 Å². The maximum Gasteiger partial charge on any atom is 0.137 e. The van der Waals surface area contributed by atoms with E-state index in [1.807, 2.05) is 24.3 Å². The summed E-state index contributed by atoms with van der Waals surface area (Å²) in [7, 11) is 0. The maximum absolute atomic E-state index is 13.6. The van der Waals surface area contributed by atoms with E-state index in [2.05, 4.69) is 40.3 Å². The number of halogens is 2. The van der Waals surface area contributed by atoms with Crippen molar-refractivity contribution in [2.75, 3.05) is 6.54 Å². The predicted octanol–water partition coefficient (Wildman–Crippen LogP) is 4.48. The molecule has 0 aromatic heterocycles. The summed E-state index contributed by atoms with van der Waals surface area (Å²) in [6.45, 7) is 2.92. The molecule has 100 valence electrons. The van der Waals surface area contributed by atoms with Crippen LogP contribution in [0.4, 0.5) is 4.39 Å². The van der Waals surface area contributed by atoms with Gasteiger partial charge >= 0.3 is 0 Å². The summed E-state index contributed by atoms with van der Waals surface area (Å²) in [5.41, 5.74) is 2.23. The largest absolute Gasteiger partial charge is 0.310 e. The molecule has 2 aromatic rings. The molecule has 2 rings (SSSR count). The third kappa shape index (κ3) is 3.88. The van der Waals surface area contributed by atoms with Gasteiger partial charge in [0.2, 0.25) is 0 Å². The SMILES string of the molecule is CCNC(Cc1ccccc1)c1ccc(Br)c(F)c1. The molecule has 2 aromatic carbocycles. The van der Waals surface area contributed by atoms with E-state index in [9.17, 15) is 4.39 Å². The van der Waals surface area contributed by atoms with Gasteiger partial charge in [0.05, 0.1) is 4.47 Å². The first kappa shape index (κ1) is 14.2. The molecule has 3 heteroatoms. The van der Waals surface area contributed by atoms with Crippen LogP contribution in [0.25, 0.3) is 0 Å². The minimum atomic E-state index is -0.214. The van der Waals surface area contributed by atoms with E-state index in [1.54, 1.807) is 12.1 Å². The third-order valence-electron chi connectivity index (χ3n) is 3.08. The second kappa shape index (κ2) is 6.83. The summed E-state index contributed by atoms with van der Waals surface area (Å²) in [5.74, 6) is -0.214. The molecule has 0 heterocycles. The van der Waals surface area contributed by atoms with Crippen LogP contribution < -0.4 is 5.32 Å². The summed E-state index contributed by atoms with van der Waals surface area (Å²) < 4.78 is 14.1. The lowest BCUT2D eigenvalue weighted by Crippen LogP contribution is -2.23. The van der Waals surface area contributed by atoms with Crippen LogP contribution in [-0.2, 0) is 6.42 Å². The molecular formula is C16H17BrFN. The first-order valence-corrected chi connectivity index (χ1v) is 7.22. The van der Waals surface area contributed by atoms with E-state index in [-0.39, 0.29) is 11.9 Å². The molecule has 0 spiro atoms. The molecule has 0 fully saturated rings. The second-order valence-corrected chi connectivity index (χ2v) is 5.33. The average molecular weight is 322 g/mol. The van der Waals surface area contributed by atoms with Crippen molar-refractivity contribution in [3.63, 3.8) is 0 Å². The van der Waals surface area contributed by atoms with Gasteiger partial charge in [0, 0.05) is 6.04 Å². The van der Waals surface area contributed by atoms with Crippen LogP contribution in [0.3, 0.4) is 0 Å². The van der Waals surface area contributed by atoms with Crippen molar-refractivity contribution < 1.29 is 4.39 Å². The summed E-state index contributed by atoms with van der Waals surface area (Å²) in [5, 5.41) is 3.41. The topological polar surface area (TPSA) is 12.0 Å². The molecule has 0 amide bonds. The van der Waals surface area contributed by atoms with E-state index in [1.165, 1.54) is 5.56 Å². The molecule has 1 unspecified atom stereocenters. The van der Waals surface area contributed by atoms with Gasteiger partial charge in [-0.2, -0.15) is 0 Å². The molecule has 1 N–H and O–H groups in total.